The Morgan fingerprint density at radius 1 is 0.758 bits per heavy atom. The van der Waals surface area contributed by atoms with Crippen LogP contribution in [0.2, 0.25) is 0 Å². The van der Waals surface area contributed by atoms with E-state index in [1.807, 2.05) is 0 Å². The van der Waals surface area contributed by atoms with E-state index in [1.165, 1.54) is 0 Å². The molecule has 0 unspecified atom stereocenters. The zero-order chi connectivity index (χ0) is 24.7. The number of hydrogen-bond acceptors (Lipinski definition) is 7. The van der Waals surface area contributed by atoms with Crippen molar-refractivity contribution in [2.45, 2.75) is 18.4 Å². The molecule has 2 aromatic rings. The number of aliphatic hydroxyl groups excluding tert-OH is 2. The summed E-state index contributed by atoms with van der Waals surface area (Å²) in [6, 6.07) is 11.2. The Morgan fingerprint density at radius 3 is 1.64 bits per heavy atom. The SMILES string of the molecule is NC(CO)(CO)COc1ccc(Oc2cc(CCP(=O)(O)O)cc(CCP(=O)(O)O)c2)cc1. The molecule has 8 N–H and O–H groups in total. The number of rotatable bonds is 13. The molecule has 0 aliphatic heterocycles. The highest BCUT2D eigenvalue weighted by Crippen LogP contribution is 2.37. The van der Waals surface area contributed by atoms with E-state index in [0.29, 0.717) is 28.4 Å². The fourth-order valence-corrected chi connectivity index (χ4v) is 3.83. The Bertz CT molecular complexity index is 954. The average Bonchev–Trinajstić information content (AvgIpc) is 2.74. The molecule has 0 radical (unpaired) electrons. The largest absolute Gasteiger partial charge is 0.491 e. The molecule has 184 valence electrons. The third-order valence-electron chi connectivity index (χ3n) is 4.63. The summed E-state index contributed by atoms with van der Waals surface area (Å²) in [5.74, 6) is 1.18. The zero-order valence-electron chi connectivity index (χ0n) is 17.8. The quantitative estimate of drug-likeness (QED) is 0.191. The maximum atomic E-state index is 11.2. The van der Waals surface area contributed by atoms with Gasteiger partial charge in [0, 0.05) is 0 Å². The highest BCUT2D eigenvalue weighted by atomic mass is 31.2. The molecule has 0 aromatic heterocycles. The number of nitrogens with two attached hydrogens (primary N) is 1. The van der Waals surface area contributed by atoms with E-state index in [0.717, 1.165) is 0 Å². The minimum atomic E-state index is -4.22. The smallest absolute Gasteiger partial charge is 0.325 e. The van der Waals surface area contributed by atoms with Crippen LogP contribution in [0.1, 0.15) is 11.1 Å². The third kappa shape index (κ3) is 10.4. The van der Waals surface area contributed by atoms with Gasteiger partial charge in [-0.25, -0.2) is 0 Å². The van der Waals surface area contributed by atoms with Crippen molar-refractivity contribution in [3.8, 4) is 17.2 Å². The van der Waals surface area contributed by atoms with Crippen LogP contribution in [0, 0.1) is 0 Å². The van der Waals surface area contributed by atoms with Crippen LogP contribution >= 0.6 is 15.2 Å². The van der Waals surface area contributed by atoms with Gasteiger partial charge in [0.15, 0.2) is 0 Å². The van der Waals surface area contributed by atoms with Gasteiger partial charge in [0.25, 0.3) is 0 Å². The van der Waals surface area contributed by atoms with E-state index in [1.54, 1.807) is 42.5 Å². The van der Waals surface area contributed by atoms with Crippen LogP contribution in [0.15, 0.2) is 42.5 Å². The van der Waals surface area contributed by atoms with Crippen LogP contribution in [-0.2, 0) is 22.0 Å². The summed E-state index contributed by atoms with van der Waals surface area (Å²) in [6.45, 7) is -1.01. The maximum absolute atomic E-state index is 11.2. The molecule has 0 aliphatic carbocycles. The van der Waals surface area contributed by atoms with Crippen molar-refractivity contribution in [1.29, 1.82) is 0 Å². The monoisotopic (exact) mass is 505 g/mol. The van der Waals surface area contributed by atoms with E-state index in [4.69, 9.17) is 34.8 Å². The molecule has 2 aromatic carbocycles. The first-order valence-corrected chi connectivity index (χ1v) is 13.5. The van der Waals surface area contributed by atoms with E-state index >= 15 is 0 Å². The second kappa shape index (κ2) is 11.6. The summed E-state index contributed by atoms with van der Waals surface area (Å²) >= 11 is 0. The van der Waals surface area contributed by atoms with Crippen molar-refractivity contribution in [2.24, 2.45) is 5.73 Å². The zero-order valence-corrected chi connectivity index (χ0v) is 19.6. The maximum Gasteiger partial charge on any atom is 0.325 e. The Balaban J connectivity index is 2.15. The summed E-state index contributed by atoms with van der Waals surface area (Å²) in [7, 11) is -8.44. The summed E-state index contributed by atoms with van der Waals surface area (Å²) in [5, 5.41) is 18.4. The Kier molecular flexibility index (Phi) is 9.63. The fraction of sp³-hybridized carbons (Fsp3) is 0.400. The summed E-state index contributed by atoms with van der Waals surface area (Å²) in [6.07, 6.45) is -0.614. The fourth-order valence-electron chi connectivity index (χ4n) is 2.73. The van der Waals surface area contributed by atoms with E-state index in [9.17, 15) is 19.3 Å². The molecule has 0 spiro atoms. The molecule has 0 heterocycles. The first kappa shape index (κ1) is 27.5. The lowest BCUT2D eigenvalue weighted by Gasteiger charge is -2.24. The molecule has 0 saturated heterocycles. The summed E-state index contributed by atoms with van der Waals surface area (Å²) in [5.41, 5.74) is 5.61. The molecule has 13 heteroatoms. The van der Waals surface area contributed by atoms with Crippen molar-refractivity contribution in [3.05, 3.63) is 53.6 Å². The van der Waals surface area contributed by atoms with Crippen LogP contribution in [0.5, 0.6) is 17.2 Å². The number of hydrogen-bond donors (Lipinski definition) is 7. The number of ether oxygens (including phenoxy) is 2. The van der Waals surface area contributed by atoms with Crippen LogP contribution in [0.4, 0.5) is 0 Å². The number of aliphatic hydroxyl groups is 2. The third-order valence-corrected chi connectivity index (χ3v) is 6.24. The predicted molar refractivity (Wildman–Crippen MR) is 121 cm³/mol. The predicted octanol–water partition coefficient (Wildman–Crippen LogP) is 0.980. The van der Waals surface area contributed by atoms with Crippen LogP contribution in [-0.4, -0.2) is 67.5 Å². The van der Waals surface area contributed by atoms with E-state index in [2.05, 4.69) is 0 Å². The lowest BCUT2D eigenvalue weighted by Crippen LogP contribution is -2.52. The normalized spacial score (nSPS) is 12.6. The van der Waals surface area contributed by atoms with Gasteiger partial charge in [0.05, 0.1) is 31.1 Å². The van der Waals surface area contributed by atoms with Crippen molar-refractivity contribution >= 4 is 15.2 Å². The number of benzene rings is 2. The minimum Gasteiger partial charge on any atom is -0.491 e. The highest BCUT2D eigenvalue weighted by Gasteiger charge is 2.24. The first-order chi connectivity index (χ1) is 15.3. The Hall–Kier alpha value is -1.78. The van der Waals surface area contributed by atoms with Gasteiger partial charge in [-0.15, -0.1) is 0 Å². The molecule has 11 nitrogen and oxygen atoms in total. The Morgan fingerprint density at radius 2 is 1.21 bits per heavy atom. The first-order valence-electron chi connectivity index (χ1n) is 9.94. The van der Waals surface area contributed by atoms with Gasteiger partial charge < -0.3 is 45.0 Å². The molecule has 0 fully saturated rings. The average molecular weight is 505 g/mol. The van der Waals surface area contributed by atoms with Gasteiger partial charge in [0.2, 0.25) is 0 Å². The molecule has 33 heavy (non-hydrogen) atoms. The van der Waals surface area contributed by atoms with Gasteiger partial charge in [0.1, 0.15) is 23.9 Å². The molecule has 0 aliphatic rings. The second-order valence-corrected chi connectivity index (χ2v) is 11.4. The van der Waals surface area contributed by atoms with Crippen molar-refractivity contribution in [2.75, 3.05) is 32.1 Å². The van der Waals surface area contributed by atoms with Gasteiger partial charge in [-0.2, -0.15) is 0 Å². The summed E-state index contributed by atoms with van der Waals surface area (Å²) < 4.78 is 33.7. The molecular weight excluding hydrogens is 476 g/mol. The van der Waals surface area contributed by atoms with Gasteiger partial charge in [-0.3, -0.25) is 9.13 Å². The standard InChI is InChI=1S/C20H29NO10P2/c21-20(12-22,13-23)14-30-17-1-3-18(4-2-17)31-19-10-15(5-7-32(24,25)26)9-16(11-19)6-8-33(27,28)29/h1-4,9-11,22-23H,5-8,12-14,21H2,(H2,24,25,26)(H2,27,28,29). The van der Waals surface area contributed by atoms with Crippen molar-refractivity contribution in [1.82, 2.24) is 0 Å². The topological polar surface area (TPSA) is 200 Å². The van der Waals surface area contributed by atoms with Crippen molar-refractivity contribution in [3.63, 3.8) is 0 Å². The lowest BCUT2D eigenvalue weighted by molar-refractivity contribution is 0.0785. The minimum absolute atomic E-state index is 0.0632. The Labute approximate surface area is 191 Å². The highest BCUT2D eigenvalue weighted by molar-refractivity contribution is 7.52. The molecule has 2 rings (SSSR count). The second-order valence-electron chi connectivity index (χ2n) is 7.80. The van der Waals surface area contributed by atoms with Crippen LogP contribution < -0.4 is 15.2 Å². The molecule has 0 bridgehead atoms. The molecule has 0 saturated carbocycles. The van der Waals surface area contributed by atoms with Crippen LogP contribution in [0.3, 0.4) is 0 Å². The molecular formula is C20H29NO10P2. The van der Waals surface area contributed by atoms with Gasteiger partial charge >= 0.3 is 15.2 Å². The summed E-state index contributed by atoms with van der Waals surface area (Å²) in [4.78, 5) is 36.6. The molecule has 0 atom stereocenters. The van der Waals surface area contributed by atoms with E-state index < -0.39 is 33.9 Å². The van der Waals surface area contributed by atoms with Gasteiger partial charge in [-0.05, 0) is 60.4 Å². The lowest BCUT2D eigenvalue weighted by atomic mass is 10.1. The van der Waals surface area contributed by atoms with Crippen molar-refractivity contribution < 1.29 is 48.4 Å². The molecule has 0 amide bonds. The van der Waals surface area contributed by atoms with Crippen LogP contribution in [0.25, 0.3) is 0 Å². The van der Waals surface area contributed by atoms with Gasteiger partial charge in [-0.1, -0.05) is 6.07 Å². The number of aryl methyl sites for hydroxylation is 2. The van der Waals surface area contributed by atoms with E-state index in [-0.39, 0.29) is 31.8 Å².